The zero-order valence-corrected chi connectivity index (χ0v) is 10.5. The third-order valence-corrected chi connectivity index (χ3v) is 3.24. The van der Waals surface area contributed by atoms with E-state index >= 15 is 0 Å². The molecule has 0 amide bonds. The van der Waals surface area contributed by atoms with Crippen molar-refractivity contribution in [2.75, 3.05) is 0 Å². The number of aliphatic imine (C=N–C) groups is 1. The number of phosphoric ester groups is 1. The summed E-state index contributed by atoms with van der Waals surface area (Å²) in [7, 11) is -4.96. The van der Waals surface area contributed by atoms with E-state index in [1.165, 1.54) is 0 Å². The van der Waals surface area contributed by atoms with Gasteiger partial charge < -0.3 is 42.3 Å². The summed E-state index contributed by atoms with van der Waals surface area (Å²) in [6.45, 7) is 0. The Bertz CT molecular complexity index is 381. The van der Waals surface area contributed by atoms with Crippen LogP contribution in [0.5, 0.6) is 0 Å². The first kappa shape index (κ1) is 16.3. The number of phosphoric acid groups is 1. The maximum atomic E-state index is 10.7. The summed E-state index contributed by atoms with van der Waals surface area (Å²) in [5.41, 5.74) is 15.7. The smallest absolute Gasteiger partial charge is 0.389 e. The molecule has 11 N–H and O–H groups in total. The summed E-state index contributed by atoms with van der Waals surface area (Å²) < 4.78 is 15.0. The minimum atomic E-state index is -4.96. The Balaban J connectivity index is 2.99. The van der Waals surface area contributed by atoms with Gasteiger partial charge in [0.25, 0.3) is 0 Å². The molecule has 0 aliphatic heterocycles. The van der Waals surface area contributed by atoms with Crippen LogP contribution in [0.4, 0.5) is 0 Å². The molecular weight excluding hydrogens is 283 g/mol. The number of aliphatic hydroxyl groups excluding tert-OH is 3. The molecule has 0 aromatic carbocycles. The van der Waals surface area contributed by atoms with Crippen LogP contribution in [-0.4, -0.2) is 67.6 Å². The zero-order valence-electron chi connectivity index (χ0n) is 9.64. The predicted molar refractivity (Wildman–Crippen MR) is 62.5 cm³/mol. The Morgan fingerprint density at radius 1 is 1.11 bits per heavy atom. The highest BCUT2D eigenvalue weighted by Crippen LogP contribution is 2.41. The van der Waals surface area contributed by atoms with Crippen LogP contribution in [0.2, 0.25) is 0 Å². The standard InChI is InChI=1S/C7H17N4O7P/c8-1-3(12)2(11-7(9)10)4(13)5(14)6(1)18-19(15,16)17/h1-6,12-14H,8H2,(H4,9,10,11)(H2,15,16,17)/t1?,2?,3-,4-,5+,6+/m1/s1. The Labute approximate surface area is 107 Å². The number of guanidine groups is 1. The minimum absolute atomic E-state index is 0.447. The lowest BCUT2D eigenvalue weighted by Gasteiger charge is -2.42. The maximum absolute atomic E-state index is 10.7. The molecule has 0 bridgehead atoms. The van der Waals surface area contributed by atoms with Gasteiger partial charge in [-0.15, -0.1) is 0 Å². The van der Waals surface area contributed by atoms with Gasteiger partial charge >= 0.3 is 7.82 Å². The number of rotatable bonds is 3. The van der Waals surface area contributed by atoms with Crippen molar-refractivity contribution in [3.05, 3.63) is 0 Å². The molecule has 0 spiro atoms. The summed E-state index contributed by atoms with van der Waals surface area (Å²) in [4.78, 5) is 20.9. The van der Waals surface area contributed by atoms with Crippen LogP contribution >= 0.6 is 7.82 Å². The third-order valence-electron chi connectivity index (χ3n) is 2.72. The lowest BCUT2D eigenvalue weighted by atomic mass is 9.82. The molecule has 12 heteroatoms. The van der Waals surface area contributed by atoms with E-state index in [0.717, 1.165) is 0 Å². The topological polar surface area (TPSA) is 218 Å². The van der Waals surface area contributed by atoms with Crippen LogP contribution in [0.1, 0.15) is 0 Å². The van der Waals surface area contributed by atoms with Crippen molar-refractivity contribution >= 4 is 13.8 Å². The van der Waals surface area contributed by atoms with Crippen molar-refractivity contribution in [3.63, 3.8) is 0 Å². The van der Waals surface area contributed by atoms with Crippen molar-refractivity contribution in [1.29, 1.82) is 0 Å². The van der Waals surface area contributed by atoms with E-state index in [9.17, 15) is 19.9 Å². The molecule has 11 nitrogen and oxygen atoms in total. The Morgan fingerprint density at radius 3 is 2.05 bits per heavy atom. The van der Waals surface area contributed by atoms with E-state index in [4.69, 9.17) is 27.0 Å². The van der Waals surface area contributed by atoms with Crippen LogP contribution in [-0.2, 0) is 9.09 Å². The molecule has 1 saturated carbocycles. The van der Waals surface area contributed by atoms with Gasteiger partial charge in [0.1, 0.15) is 24.4 Å². The van der Waals surface area contributed by atoms with Gasteiger partial charge in [-0.3, -0.25) is 4.52 Å². The number of hydrogen-bond donors (Lipinski definition) is 8. The zero-order chi connectivity index (χ0) is 15.0. The highest BCUT2D eigenvalue weighted by Gasteiger charge is 2.50. The molecule has 6 atom stereocenters. The van der Waals surface area contributed by atoms with Crippen molar-refractivity contribution in [2.45, 2.75) is 36.5 Å². The summed E-state index contributed by atoms with van der Waals surface area (Å²) in [6.07, 6.45) is -6.71. The molecular formula is C7H17N4O7P. The fraction of sp³-hybridized carbons (Fsp3) is 0.857. The first-order valence-corrected chi connectivity index (χ1v) is 6.70. The second kappa shape index (κ2) is 5.69. The molecule has 0 aromatic rings. The molecule has 0 heterocycles. The van der Waals surface area contributed by atoms with Gasteiger partial charge in [-0.05, 0) is 0 Å². The van der Waals surface area contributed by atoms with Gasteiger partial charge in [0.2, 0.25) is 0 Å². The van der Waals surface area contributed by atoms with Gasteiger partial charge in [-0.25, -0.2) is 9.56 Å². The van der Waals surface area contributed by atoms with Crippen LogP contribution in [0.3, 0.4) is 0 Å². The SMILES string of the molecule is NC(N)=NC1[C@H](O)C(N)[C@H](OP(=O)(O)O)[C@@H](O)[C@@H]1O. The number of hydrogen-bond acceptors (Lipinski definition) is 7. The third kappa shape index (κ3) is 3.84. The lowest BCUT2D eigenvalue weighted by Crippen LogP contribution is -2.66. The van der Waals surface area contributed by atoms with Gasteiger partial charge in [-0.1, -0.05) is 0 Å². The number of nitrogens with zero attached hydrogens (tertiary/aromatic N) is 1. The molecule has 2 unspecified atom stereocenters. The molecule has 1 aliphatic carbocycles. The van der Waals surface area contributed by atoms with E-state index in [0.29, 0.717) is 0 Å². The number of aliphatic hydroxyl groups is 3. The maximum Gasteiger partial charge on any atom is 0.470 e. The Hall–Kier alpha value is -0.780. The second-order valence-electron chi connectivity index (χ2n) is 4.15. The van der Waals surface area contributed by atoms with E-state index in [1.54, 1.807) is 0 Å². The minimum Gasteiger partial charge on any atom is -0.389 e. The summed E-state index contributed by atoms with van der Waals surface area (Å²) in [5.74, 6) is -0.447. The fourth-order valence-corrected chi connectivity index (χ4v) is 2.45. The van der Waals surface area contributed by atoms with Crippen LogP contribution < -0.4 is 17.2 Å². The first-order valence-electron chi connectivity index (χ1n) is 5.17. The molecule has 1 rings (SSSR count). The quantitative estimate of drug-likeness (QED) is 0.142. The average molecular weight is 300 g/mol. The molecule has 0 saturated heterocycles. The fourth-order valence-electron chi connectivity index (χ4n) is 1.86. The summed E-state index contributed by atoms with van der Waals surface area (Å²) in [5, 5.41) is 29.2. The molecule has 1 fully saturated rings. The number of nitrogens with two attached hydrogens (primary N) is 3. The highest BCUT2D eigenvalue weighted by atomic mass is 31.2. The second-order valence-corrected chi connectivity index (χ2v) is 5.35. The van der Waals surface area contributed by atoms with Crippen molar-refractivity contribution < 1.29 is 34.2 Å². The van der Waals surface area contributed by atoms with Crippen LogP contribution in [0, 0.1) is 0 Å². The van der Waals surface area contributed by atoms with Crippen molar-refractivity contribution in [2.24, 2.45) is 22.2 Å². The van der Waals surface area contributed by atoms with Crippen LogP contribution in [0.25, 0.3) is 0 Å². The largest absolute Gasteiger partial charge is 0.470 e. The molecule has 0 aromatic heterocycles. The summed E-state index contributed by atoms with van der Waals surface area (Å²) in [6, 6.07) is -2.73. The van der Waals surface area contributed by atoms with Crippen molar-refractivity contribution in [1.82, 2.24) is 0 Å². The van der Waals surface area contributed by atoms with Gasteiger partial charge in [0, 0.05) is 0 Å². The van der Waals surface area contributed by atoms with Crippen LogP contribution in [0.15, 0.2) is 4.99 Å². The van der Waals surface area contributed by atoms with E-state index in [1.807, 2.05) is 0 Å². The molecule has 112 valence electrons. The first-order chi connectivity index (χ1) is 8.54. The van der Waals surface area contributed by atoms with Gasteiger partial charge in [-0.2, -0.15) is 0 Å². The summed E-state index contributed by atoms with van der Waals surface area (Å²) >= 11 is 0. The van der Waals surface area contributed by atoms with Crippen molar-refractivity contribution in [3.8, 4) is 0 Å². The molecule has 0 radical (unpaired) electrons. The van der Waals surface area contributed by atoms with Gasteiger partial charge in [0.15, 0.2) is 5.96 Å². The average Bonchev–Trinajstić information content (AvgIpc) is 2.26. The lowest BCUT2D eigenvalue weighted by molar-refractivity contribution is -0.133. The monoisotopic (exact) mass is 300 g/mol. The van der Waals surface area contributed by atoms with Gasteiger partial charge in [0.05, 0.1) is 12.1 Å². The molecule has 1 aliphatic rings. The predicted octanol–water partition coefficient (Wildman–Crippen LogP) is -4.47. The Kier molecular flexibility index (Phi) is 4.87. The van der Waals surface area contributed by atoms with E-state index in [-0.39, 0.29) is 0 Å². The highest BCUT2D eigenvalue weighted by molar-refractivity contribution is 7.46. The Morgan fingerprint density at radius 2 is 1.63 bits per heavy atom. The normalized spacial score (nSPS) is 39.9. The molecule has 19 heavy (non-hydrogen) atoms. The van der Waals surface area contributed by atoms with E-state index in [2.05, 4.69) is 9.52 Å². The van der Waals surface area contributed by atoms with E-state index < -0.39 is 50.3 Å².